The zero-order chi connectivity index (χ0) is 56.1. The second-order valence-corrected chi connectivity index (χ2v) is 21.4. The lowest BCUT2D eigenvalue weighted by Crippen LogP contribution is -2.46. The number of aromatic nitrogens is 2. The molecule has 1 spiro atoms. The number of imidazole rings is 1. The van der Waals surface area contributed by atoms with Crippen molar-refractivity contribution in [1.82, 2.24) is 14.5 Å². The highest BCUT2D eigenvalue weighted by atomic mass is 16.7. The number of aromatic hydroxyl groups is 2. The number of carbonyl (C=O) groups is 3. The van der Waals surface area contributed by atoms with Crippen LogP contribution in [-0.2, 0) is 48.2 Å². The number of esters is 1. The number of anilines is 1. The number of ketones is 1. The Morgan fingerprint density at radius 2 is 1.64 bits per heavy atom. The summed E-state index contributed by atoms with van der Waals surface area (Å²) in [5, 5.41) is 61.7. The number of rotatable bonds is 8. The molecule has 1 unspecified atom stereocenters. The third-order valence-electron chi connectivity index (χ3n) is 15.9. The molecule has 9 rings (SSSR count). The van der Waals surface area contributed by atoms with E-state index < -0.39 is 93.6 Å². The number of hydrogen-bond acceptors (Lipinski definition) is 19. The van der Waals surface area contributed by atoms with Gasteiger partial charge in [0.1, 0.15) is 47.6 Å². The maximum atomic E-state index is 14.9. The van der Waals surface area contributed by atoms with Crippen LogP contribution in [0.3, 0.4) is 0 Å². The molecule has 10 atom stereocenters. The monoisotopic (exact) mass is 1080 g/mol. The first-order valence-electron chi connectivity index (χ1n) is 26.1. The summed E-state index contributed by atoms with van der Waals surface area (Å²) in [5.74, 6) is -7.61. The number of nitrogens with one attached hydrogen (secondary N) is 1. The van der Waals surface area contributed by atoms with Gasteiger partial charge in [-0.05, 0) is 36.0 Å². The Morgan fingerprint density at radius 3 is 2.32 bits per heavy atom. The largest absolute Gasteiger partial charge is 0.507 e. The smallest absolute Gasteiger partial charge is 0.414 e. The van der Waals surface area contributed by atoms with Gasteiger partial charge in [-0.25, -0.2) is 0 Å². The number of carbonyl (C=O) groups excluding carboxylic acids is 3. The van der Waals surface area contributed by atoms with Gasteiger partial charge >= 0.3 is 23.6 Å². The van der Waals surface area contributed by atoms with Crippen LogP contribution in [0.1, 0.15) is 88.4 Å². The Bertz CT molecular complexity index is 3260. The molecule has 0 saturated carbocycles. The van der Waals surface area contributed by atoms with Gasteiger partial charge in [0.2, 0.25) is 0 Å². The van der Waals surface area contributed by atoms with Gasteiger partial charge in [0, 0.05) is 98.6 Å². The van der Waals surface area contributed by atoms with Gasteiger partial charge in [0.15, 0.2) is 11.4 Å². The molecular formula is C56H67N7O15. The lowest BCUT2D eigenvalue weighted by molar-refractivity contribution is -0.389. The van der Waals surface area contributed by atoms with Gasteiger partial charge in [-0.2, -0.15) is 0 Å². The molecule has 78 heavy (non-hydrogen) atoms. The molecule has 1 aromatic heterocycles. The number of fused-ring (bicyclic) bond motifs is 2. The second-order valence-electron chi connectivity index (χ2n) is 21.4. The topological polar surface area (TPSA) is 288 Å². The van der Waals surface area contributed by atoms with E-state index in [1.165, 1.54) is 46.4 Å². The molecule has 4 aromatic rings. The Kier molecular flexibility index (Phi) is 15.6. The molecule has 22 heteroatoms. The fourth-order valence-electron chi connectivity index (χ4n) is 11.1. The highest BCUT2D eigenvalue weighted by Crippen LogP contribution is 2.50. The van der Waals surface area contributed by atoms with Crippen molar-refractivity contribution in [3.05, 3.63) is 110 Å². The van der Waals surface area contributed by atoms with E-state index in [2.05, 4.69) is 15.2 Å². The van der Waals surface area contributed by atoms with Crippen molar-refractivity contribution in [3.8, 4) is 23.3 Å². The van der Waals surface area contributed by atoms with Crippen LogP contribution in [-0.4, -0.2) is 126 Å². The van der Waals surface area contributed by atoms with Gasteiger partial charge < -0.3 is 64.3 Å². The van der Waals surface area contributed by atoms with E-state index in [9.17, 15) is 44.9 Å². The first-order chi connectivity index (χ1) is 37.0. The van der Waals surface area contributed by atoms with Gasteiger partial charge in [0.25, 0.3) is 11.7 Å². The third kappa shape index (κ3) is 10.6. The van der Waals surface area contributed by atoms with E-state index in [0.29, 0.717) is 45.6 Å². The number of aliphatic hydroxyl groups excluding tert-OH is 2. The predicted octanol–water partition coefficient (Wildman–Crippen LogP) is 5.38. The molecule has 0 radical (unpaired) electrons. The zero-order valence-corrected chi connectivity index (χ0v) is 45.1. The number of nitrogens with zero attached hydrogens (tertiary/aromatic N) is 6. The highest BCUT2D eigenvalue weighted by Gasteiger charge is 2.50. The molecule has 416 valence electrons. The van der Waals surface area contributed by atoms with Crippen LogP contribution in [0.2, 0.25) is 0 Å². The molecule has 4 bridgehead atoms. The van der Waals surface area contributed by atoms with Crippen LogP contribution in [0.4, 0.5) is 11.5 Å². The van der Waals surface area contributed by atoms with E-state index in [1.54, 1.807) is 57.4 Å². The van der Waals surface area contributed by atoms with Crippen LogP contribution in [0, 0.1) is 40.7 Å². The minimum atomic E-state index is -2.02. The lowest BCUT2D eigenvalue weighted by Gasteiger charge is -2.38. The van der Waals surface area contributed by atoms with Crippen molar-refractivity contribution in [2.75, 3.05) is 32.1 Å². The molecule has 1 fully saturated rings. The summed E-state index contributed by atoms with van der Waals surface area (Å²) >= 11 is 0. The number of nitro groups is 1. The SMILES string of the molecule is CO[C@H]1/C=C/O[C@@]2(C)Oc3c(C)c(O)c4c(O)c(c5c(c4c3C2=O)=NC2(CCN(Cc3ccc(COC4COc6nc([N+](=O)[O-])cn6C4)cc3)CC2)N=5)NC(=O)/C(C)=C\C=C\[C@H](C)[C@H](O)[C@@H](C)[C@@H](O)[C@@H](C)[C@H](OC(C)=O)[C@@H]1C. The number of methoxy groups -OCH3 is 1. The molecular weight excluding hydrogens is 1010 g/mol. The van der Waals surface area contributed by atoms with Crippen molar-refractivity contribution in [2.45, 2.75) is 130 Å². The summed E-state index contributed by atoms with van der Waals surface area (Å²) in [6, 6.07) is 8.23. The Balaban J connectivity index is 1.02. The third-order valence-corrected chi connectivity index (χ3v) is 15.9. The molecule has 5 aliphatic rings. The number of allylic oxidation sites excluding steroid dienone is 2. The van der Waals surface area contributed by atoms with Crippen LogP contribution >= 0.6 is 0 Å². The number of Topliss-reactive ketones (excluding diaryl/α,β-unsaturated/α-hetero) is 1. The average molecular weight is 1080 g/mol. The summed E-state index contributed by atoms with van der Waals surface area (Å²) in [5.41, 5.74) is 1.12. The number of likely N-dealkylation sites (tertiary alicyclic amines) is 1. The number of phenolic OH excluding ortho intramolecular Hbond substituents is 2. The molecule has 22 nitrogen and oxygen atoms in total. The quantitative estimate of drug-likeness (QED) is 0.0641. The average Bonchev–Trinajstić information content (AvgIpc) is 4.30. The minimum Gasteiger partial charge on any atom is -0.507 e. The zero-order valence-electron chi connectivity index (χ0n) is 45.1. The van der Waals surface area contributed by atoms with E-state index in [1.807, 2.05) is 24.3 Å². The van der Waals surface area contributed by atoms with Crippen LogP contribution in [0.15, 0.2) is 76.6 Å². The first-order valence-corrected chi connectivity index (χ1v) is 26.1. The highest BCUT2D eigenvalue weighted by molar-refractivity contribution is 6.19. The van der Waals surface area contributed by atoms with Gasteiger partial charge in [-0.3, -0.25) is 33.8 Å². The molecule has 0 aliphatic carbocycles. The Morgan fingerprint density at radius 1 is 0.949 bits per heavy atom. The van der Waals surface area contributed by atoms with Gasteiger partial charge in [-0.15, -0.1) is 0 Å². The van der Waals surface area contributed by atoms with Gasteiger partial charge in [-0.1, -0.05) is 70.2 Å². The molecule has 1 saturated heterocycles. The fraction of sp³-hybridized carbons (Fsp3) is 0.500. The number of benzene rings is 3. The Hall–Kier alpha value is -7.24. The number of amides is 1. The predicted molar refractivity (Wildman–Crippen MR) is 281 cm³/mol. The maximum absolute atomic E-state index is 14.9. The van der Waals surface area contributed by atoms with Gasteiger partial charge in [0.05, 0.1) is 54.0 Å². The van der Waals surface area contributed by atoms with E-state index in [4.69, 9.17) is 38.4 Å². The van der Waals surface area contributed by atoms with Crippen molar-refractivity contribution < 1.29 is 68.2 Å². The Labute approximate surface area is 449 Å². The molecule has 1 amide bonds. The number of aliphatic hydroxyl groups is 2. The van der Waals surface area contributed by atoms with Crippen molar-refractivity contribution in [1.29, 1.82) is 0 Å². The van der Waals surface area contributed by atoms with E-state index in [-0.39, 0.29) is 74.2 Å². The molecule has 3 aromatic carbocycles. The molecule has 5 aliphatic heterocycles. The maximum Gasteiger partial charge on any atom is 0.414 e. The van der Waals surface area contributed by atoms with E-state index in [0.717, 1.165) is 11.1 Å². The van der Waals surface area contributed by atoms with Crippen molar-refractivity contribution in [2.24, 2.45) is 33.7 Å². The van der Waals surface area contributed by atoms with E-state index >= 15 is 0 Å². The molecule has 6 heterocycles. The number of phenols is 2. The summed E-state index contributed by atoms with van der Waals surface area (Å²) in [7, 11) is 1.45. The minimum absolute atomic E-state index is 0.00298. The standard InChI is InChI=1S/C56H67N7O15/c1-28-11-10-12-29(2)53(70)58-45-44-43(59-56(60-44)18-20-61(21-19-56)23-35-13-15-36(16-14-35)26-74-37-24-62-25-39(63(71)72)57-54(62)75-27-37)40-41(49(45)68)48(67)33(6)51-42(40)52(69)55(8,78-51)76-22-17-38(73-9)30(3)50(77-34(7)64)32(5)47(66)31(4)46(28)65/h10-17,22,25,28,30-32,37-38,46-47,50,65-68H,18-21,23-24,26-27H2,1-9H3,(H,58,70)/b11-10+,22-17+,29-12-/t28-,30+,31+,32+,37?,38-,46-,47+,50+,55-/m0/s1. The van der Waals surface area contributed by atoms with Crippen LogP contribution in [0.5, 0.6) is 23.3 Å². The van der Waals surface area contributed by atoms with Crippen LogP contribution in [0.25, 0.3) is 10.8 Å². The second kappa shape index (κ2) is 21.9. The number of hydrogen-bond donors (Lipinski definition) is 5. The summed E-state index contributed by atoms with van der Waals surface area (Å²) in [6.45, 7) is 15.4. The first kappa shape index (κ1) is 55.5. The van der Waals surface area contributed by atoms with Crippen molar-refractivity contribution in [3.63, 3.8) is 0 Å². The summed E-state index contributed by atoms with van der Waals surface area (Å²) in [6.07, 6.45) is 5.59. The normalized spacial score (nSPS) is 29.7. The van der Waals surface area contributed by atoms with Crippen molar-refractivity contribution >= 4 is 39.9 Å². The lowest BCUT2D eigenvalue weighted by atomic mass is 9.78. The summed E-state index contributed by atoms with van der Waals surface area (Å²) in [4.78, 5) is 68.8. The number of piperidine rings is 1. The van der Waals surface area contributed by atoms with Crippen LogP contribution < -0.4 is 25.5 Å². The molecule has 5 N–H and O–H groups in total. The summed E-state index contributed by atoms with van der Waals surface area (Å²) < 4.78 is 37.4. The number of ether oxygens (including phenoxy) is 6. The fourth-order valence-corrected chi connectivity index (χ4v) is 11.1.